The summed E-state index contributed by atoms with van der Waals surface area (Å²) in [6.07, 6.45) is 8.20. The van der Waals surface area contributed by atoms with Gasteiger partial charge < -0.3 is 4.90 Å². The van der Waals surface area contributed by atoms with E-state index < -0.39 is 0 Å². The lowest BCUT2D eigenvalue weighted by Gasteiger charge is -2.44. The van der Waals surface area contributed by atoms with Gasteiger partial charge in [-0.1, -0.05) is 80.6 Å². The average molecular weight is 382 g/mol. The zero-order chi connectivity index (χ0) is 18.9. The molecule has 1 aliphatic heterocycles. The molecule has 1 saturated carbocycles. The third-order valence-electron chi connectivity index (χ3n) is 6.56. The molecule has 2 aromatic rings. The number of hydrogen-bond acceptors (Lipinski definition) is 1. The predicted molar refractivity (Wildman–Crippen MR) is 111 cm³/mol. The Morgan fingerprint density at radius 3 is 2.41 bits per heavy atom. The molecule has 1 atom stereocenters. The van der Waals surface area contributed by atoms with E-state index in [-0.39, 0.29) is 11.4 Å². The van der Waals surface area contributed by atoms with Crippen molar-refractivity contribution in [1.82, 2.24) is 4.90 Å². The van der Waals surface area contributed by atoms with E-state index in [0.717, 1.165) is 19.3 Å². The normalized spacial score (nSPS) is 22.0. The zero-order valence-electron chi connectivity index (χ0n) is 16.1. The standard InChI is InChI=1S/C24H28ClNO/c1-18-16-24(14-8-2-3-9-15-24)26(17-19-10-4-5-11-20(18)19)23(27)21-12-6-7-13-22(21)25/h4-7,10-13,18H,2-3,8-9,14-17H2,1H3. The summed E-state index contributed by atoms with van der Waals surface area (Å²) in [7, 11) is 0. The second-order valence-corrected chi connectivity index (χ2v) is 8.72. The van der Waals surface area contributed by atoms with E-state index in [4.69, 9.17) is 11.6 Å². The molecule has 2 aromatic carbocycles. The zero-order valence-corrected chi connectivity index (χ0v) is 16.8. The predicted octanol–water partition coefficient (Wildman–Crippen LogP) is 6.58. The Balaban J connectivity index is 1.81. The van der Waals surface area contributed by atoms with E-state index in [9.17, 15) is 4.79 Å². The number of nitrogens with zero attached hydrogens (tertiary/aromatic N) is 1. The lowest BCUT2D eigenvalue weighted by Crippen LogP contribution is -2.51. The van der Waals surface area contributed by atoms with Crippen LogP contribution < -0.4 is 0 Å². The van der Waals surface area contributed by atoms with Crippen LogP contribution in [0.5, 0.6) is 0 Å². The molecule has 0 bridgehead atoms. The Bertz CT molecular complexity index is 823. The highest BCUT2D eigenvalue weighted by molar-refractivity contribution is 6.33. The van der Waals surface area contributed by atoms with Crippen LogP contribution in [-0.4, -0.2) is 16.3 Å². The number of halogens is 1. The minimum atomic E-state index is -0.0643. The summed E-state index contributed by atoms with van der Waals surface area (Å²) < 4.78 is 0. The van der Waals surface area contributed by atoms with Gasteiger partial charge in [0.05, 0.1) is 10.6 Å². The van der Waals surface area contributed by atoms with E-state index in [0.29, 0.717) is 23.0 Å². The van der Waals surface area contributed by atoms with E-state index in [1.54, 1.807) is 0 Å². The van der Waals surface area contributed by atoms with Crippen LogP contribution in [-0.2, 0) is 6.54 Å². The summed E-state index contributed by atoms with van der Waals surface area (Å²) >= 11 is 6.42. The van der Waals surface area contributed by atoms with Crippen LogP contribution in [0.2, 0.25) is 5.02 Å². The summed E-state index contributed by atoms with van der Waals surface area (Å²) in [6.45, 7) is 3.01. The Labute approximate surface area is 167 Å². The van der Waals surface area contributed by atoms with Crippen molar-refractivity contribution in [1.29, 1.82) is 0 Å². The molecular formula is C24H28ClNO. The first-order valence-corrected chi connectivity index (χ1v) is 10.6. The molecule has 1 spiro atoms. The molecule has 2 nitrogen and oxygen atoms in total. The van der Waals surface area contributed by atoms with Gasteiger partial charge in [0, 0.05) is 12.1 Å². The molecule has 2 aliphatic rings. The van der Waals surface area contributed by atoms with Crippen molar-refractivity contribution in [3.63, 3.8) is 0 Å². The quantitative estimate of drug-likeness (QED) is 0.546. The van der Waals surface area contributed by atoms with Crippen molar-refractivity contribution < 1.29 is 4.79 Å². The number of fused-ring (bicyclic) bond motifs is 1. The van der Waals surface area contributed by atoms with Crippen LogP contribution >= 0.6 is 11.6 Å². The fourth-order valence-electron chi connectivity index (χ4n) is 5.22. The third-order valence-corrected chi connectivity index (χ3v) is 6.89. The van der Waals surface area contributed by atoms with Crippen molar-refractivity contribution in [2.75, 3.05) is 0 Å². The summed E-state index contributed by atoms with van der Waals surface area (Å²) in [6, 6.07) is 16.1. The van der Waals surface area contributed by atoms with E-state index >= 15 is 0 Å². The number of rotatable bonds is 1. The molecule has 1 amide bonds. The molecule has 0 radical (unpaired) electrons. The Kier molecular flexibility index (Phi) is 5.27. The molecule has 0 saturated heterocycles. The summed E-state index contributed by atoms with van der Waals surface area (Å²) in [5.74, 6) is 0.551. The Hall–Kier alpha value is -1.80. The molecule has 142 valence electrons. The molecule has 3 heteroatoms. The molecular weight excluding hydrogens is 354 g/mol. The number of carbonyl (C=O) groups excluding carboxylic acids is 1. The average Bonchev–Trinajstić information content (AvgIpc) is 2.98. The monoisotopic (exact) mass is 381 g/mol. The molecule has 4 rings (SSSR count). The van der Waals surface area contributed by atoms with Gasteiger partial charge in [0.25, 0.3) is 5.91 Å². The van der Waals surface area contributed by atoms with Gasteiger partial charge in [-0.25, -0.2) is 0 Å². The molecule has 27 heavy (non-hydrogen) atoms. The minimum Gasteiger partial charge on any atom is -0.329 e. The number of hydrogen-bond donors (Lipinski definition) is 0. The SMILES string of the molecule is CC1CC2(CCCCCC2)N(C(=O)c2ccccc2Cl)Cc2ccccc21. The van der Waals surface area contributed by atoms with E-state index in [2.05, 4.69) is 36.1 Å². The van der Waals surface area contributed by atoms with Crippen LogP contribution in [0.4, 0.5) is 0 Å². The van der Waals surface area contributed by atoms with Crippen molar-refractivity contribution in [3.05, 3.63) is 70.2 Å². The van der Waals surface area contributed by atoms with Gasteiger partial charge in [0.1, 0.15) is 0 Å². The highest BCUT2D eigenvalue weighted by atomic mass is 35.5. The summed E-state index contributed by atoms with van der Waals surface area (Å²) in [5, 5.41) is 0.553. The molecule has 1 unspecified atom stereocenters. The van der Waals surface area contributed by atoms with Crippen molar-refractivity contribution in [3.8, 4) is 0 Å². The second kappa shape index (κ2) is 7.67. The second-order valence-electron chi connectivity index (χ2n) is 8.31. The highest BCUT2D eigenvalue weighted by Crippen LogP contribution is 2.45. The lowest BCUT2D eigenvalue weighted by atomic mass is 9.79. The smallest absolute Gasteiger partial charge is 0.256 e. The van der Waals surface area contributed by atoms with Gasteiger partial charge in [-0.15, -0.1) is 0 Å². The molecule has 0 aromatic heterocycles. The lowest BCUT2D eigenvalue weighted by molar-refractivity contribution is 0.0350. The number of benzene rings is 2. The fourth-order valence-corrected chi connectivity index (χ4v) is 5.43. The van der Waals surface area contributed by atoms with Gasteiger partial charge in [-0.05, 0) is 48.4 Å². The topological polar surface area (TPSA) is 20.3 Å². The summed E-state index contributed by atoms with van der Waals surface area (Å²) in [4.78, 5) is 15.9. The van der Waals surface area contributed by atoms with E-state index in [1.165, 1.54) is 36.8 Å². The van der Waals surface area contributed by atoms with Crippen LogP contribution in [0.1, 0.15) is 79.3 Å². The maximum absolute atomic E-state index is 13.7. The third kappa shape index (κ3) is 3.52. The molecule has 0 N–H and O–H groups in total. The van der Waals surface area contributed by atoms with Gasteiger partial charge in [-0.2, -0.15) is 0 Å². The van der Waals surface area contributed by atoms with Gasteiger partial charge >= 0.3 is 0 Å². The number of amides is 1. The first-order valence-electron chi connectivity index (χ1n) is 10.2. The maximum atomic E-state index is 13.7. The first kappa shape index (κ1) is 18.6. The van der Waals surface area contributed by atoms with Crippen molar-refractivity contribution in [2.24, 2.45) is 0 Å². The first-order chi connectivity index (χ1) is 13.1. The Morgan fingerprint density at radius 2 is 1.67 bits per heavy atom. The van der Waals surface area contributed by atoms with E-state index in [1.807, 2.05) is 24.3 Å². The van der Waals surface area contributed by atoms with Gasteiger partial charge in [0.2, 0.25) is 0 Å². The van der Waals surface area contributed by atoms with Crippen molar-refractivity contribution >= 4 is 17.5 Å². The Morgan fingerprint density at radius 1 is 1.00 bits per heavy atom. The van der Waals surface area contributed by atoms with Crippen molar-refractivity contribution in [2.45, 2.75) is 69.9 Å². The minimum absolute atomic E-state index is 0.0643. The van der Waals surface area contributed by atoms with Gasteiger partial charge in [0.15, 0.2) is 0 Å². The molecule has 1 aliphatic carbocycles. The van der Waals surface area contributed by atoms with Gasteiger partial charge in [-0.3, -0.25) is 4.79 Å². The maximum Gasteiger partial charge on any atom is 0.256 e. The fraction of sp³-hybridized carbons (Fsp3) is 0.458. The van der Waals surface area contributed by atoms with Crippen LogP contribution in [0.25, 0.3) is 0 Å². The van der Waals surface area contributed by atoms with Crippen LogP contribution in [0.3, 0.4) is 0 Å². The van der Waals surface area contributed by atoms with Crippen LogP contribution in [0, 0.1) is 0 Å². The number of carbonyl (C=O) groups is 1. The van der Waals surface area contributed by atoms with Crippen LogP contribution in [0.15, 0.2) is 48.5 Å². The highest BCUT2D eigenvalue weighted by Gasteiger charge is 2.43. The summed E-state index contributed by atoms with van der Waals surface area (Å²) in [5.41, 5.74) is 3.25. The molecule has 1 heterocycles. The molecule has 1 fully saturated rings. The largest absolute Gasteiger partial charge is 0.329 e.